The number of carbonyl (C=O) groups excluding carboxylic acids is 1. The second-order valence-corrected chi connectivity index (χ2v) is 5.33. The van der Waals surface area contributed by atoms with Gasteiger partial charge in [-0.1, -0.05) is 23.2 Å². The Morgan fingerprint density at radius 1 is 0.840 bits per heavy atom. The number of benzene rings is 2. The average molecular weight is 400 g/mol. The molecule has 0 spiro atoms. The van der Waals surface area contributed by atoms with Crippen LogP contribution in [0, 0.1) is 29.1 Å². The Morgan fingerprint density at radius 2 is 1.32 bits per heavy atom. The third kappa shape index (κ3) is 3.38. The van der Waals surface area contributed by atoms with Gasteiger partial charge >= 0.3 is 5.97 Å². The lowest BCUT2D eigenvalue weighted by Crippen LogP contribution is -2.19. The van der Waals surface area contributed by atoms with Gasteiger partial charge < -0.3 is 10.4 Å². The summed E-state index contributed by atoms with van der Waals surface area (Å²) in [6.45, 7) is 0. The number of hydrogen-bond acceptors (Lipinski definition) is 2. The number of nitrogens with one attached hydrogen (secondary N) is 1. The summed E-state index contributed by atoms with van der Waals surface area (Å²) in [5.74, 6) is -15.0. The summed E-state index contributed by atoms with van der Waals surface area (Å²) in [4.78, 5) is 22.9. The van der Waals surface area contributed by atoms with E-state index in [9.17, 15) is 31.5 Å². The molecule has 0 aliphatic heterocycles. The zero-order chi connectivity index (χ0) is 19.0. The van der Waals surface area contributed by atoms with Crippen molar-refractivity contribution in [3.8, 4) is 0 Å². The Labute approximate surface area is 145 Å². The van der Waals surface area contributed by atoms with Gasteiger partial charge in [0.05, 0.1) is 21.3 Å². The molecule has 132 valence electrons. The molecule has 2 N–H and O–H groups in total. The first-order valence-corrected chi connectivity index (χ1v) is 6.87. The van der Waals surface area contributed by atoms with E-state index in [0.29, 0.717) is 0 Å². The van der Waals surface area contributed by atoms with Crippen LogP contribution in [0.15, 0.2) is 12.1 Å². The largest absolute Gasteiger partial charge is 0.478 e. The standard InChI is InChI=1S/C14H4Cl2F5NO3/c15-4-2-5(16)6(1-3(4)14(24)25)22-13(23)7-8(17)10(19)12(21)11(20)9(7)18/h1-2H,(H,22,23)(H,24,25). The molecule has 0 saturated carbocycles. The number of carboxylic acid groups (broad SMARTS) is 1. The van der Waals surface area contributed by atoms with Crippen molar-refractivity contribution in [2.45, 2.75) is 0 Å². The Morgan fingerprint density at radius 3 is 1.80 bits per heavy atom. The van der Waals surface area contributed by atoms with Crippen molar-refractivity contribution in [3.63, 3.8) is 0 Å². The maximum absolute atomic E-state index is 13.6. The molecule has 0 radical (unpaired) electrons. The van der Waals surface area contributed by atoms with Crippen LogP contribution >= 0.6 is 23.2 Å². The van der Waals surface area contributed by atoms with E-state index in [-0.39, 0.29) is 10.0 Å². The van der Waals surface area contributed by atoms with Crippen LogP contribution in [0.4, 0.5) is 27.6 Å². The van der Waals surface area contributed by atoms with Crippen molar-refractivity contribution in [2.75, 3.05) is 5.32 Å². The Hall–Kier alpha value is -2.39. The van der Waals surface area contributed by atoms with Gasteiger partial charge in [0.15, 0.2) is 23.3 Å². The van der Waals surface area contributed by atoms with Crippen molar-refractivity contribution in [1.82, 2.24) is 0 Å². The summed E-state index contributed by atoms with van der Waals surface area (Å²) in [7, 11) is 0. The number of rotatable bonds is 3. The van der Waals surface area contributed by atoms with E-state index < -0.39 is 57.8 Å². The van der Waals surface area contributed by atoms with Crippen LogP contribution in [0.3, 0.4) is 0 Å². The van der Waals surface area contributed by atoms with Gasteiger partial charge in [0.25, 0.3) is 5.91 Å². The van der Waals surface area contributed by atoms with Crippen molar-refractivity contribution >= 4 is 40.8 Å². The molecule has 25 heavy (non-hydrogen) atoms. The SMILES string of the molecule is O=C(O)c1cc(NC(=O)c2c(F)c(F)c(F)c(F)c2F)c(Cl)cc1Cl. The molecule has 0 aliphatic rings. The number of anilines is 1. The molecule has 0 aliphatic carbocycles. The maximum atomic E-state index is 13.6. The number of carbonyl (C=O) groups is 2. The monoisotopic (exact) mass is 399 g/mol. The molecule has 1 amide bonds. The summed E-state index contributed by atoms with van der Waals surface area (Å²) in [5, 5.41) is 10.1. The zero-order valence-electron chi connectivity index (χ0n) is 11.6. The lowest BCUT2D eigenvalue weighted by molar-refractivity contribution is 0.0696. The second-order valence-electron chi connectivity index (χ2n) is 4.52. The molecule has 0 atom stereocenters. The predicted molar refractivity (Wildman–Crippen MR) is 77.6 cm³/mol. The third-order valence-corrected chi connectivity index (χ3v) is 3.60. The van der Waals surface area contributed by atoms with Gasteiger partial charge in [-0.2, -0.15) is 0 Å². The number of carboxylic acids is 1. The molecule has 0 heterocycles. The van der Waals surface area contributed by atoms with Gasteiger partial charge in [0.2, 0.25) is 5.82 Å². The third-order valence-electron chi connectivity index (χ3n) is 2.97. The van der Waals surface area contributed by atoms with Crippen LogP contribution in [-0.4, -0.2) is 17.0 Å². The van der Waals surface area contributed by atoms with Crippen LogP contribution in [0.5, 0.6) is 0 Å². The quantitative estimate of drug-likeness (QED) is 0.448. The Kier molecular flexibility index (Phi) is 5.19. The predicted octanol–water partition coefficient (Wildman–Crippen LogP) is 4.64. The minimum absolute atomic E-state index is 0.299. The fourth-order valence-electron chi connectivity index (χ4n) is 1.80. The lowest BCUT2D eigenvalue weighted by Gasteiger charge is -2.11. The van der Waals surface area contributed by atoms with E-state index in [2.05, 4.69) is 0 Å². The maximum Gasteiger partial charge on any atom is 0.337 e. The molecule has 2 rings (SSSR count). The summed E-state index contributed by atoms with van der Waals surface area (Å²) in [6, 6.07) is 1.68. The van der Waals surface area contributed by atoms with E-state index >= 15 is 0 Å². The van der Waals surface area contributed by atoms with E-state index in [1.807, 2.05) is 0 Å². The summed E-state index contributed by atoms with van der Waals surface area (Å²) >= 11 is 11.3. The van der Waals surface area contributed by atoms with Crippen molar-refractivity contribution in [3.05, 3.63) is 62.4 Å². The molecular weight excluding hydrogens is 396 g/mol. The highest BCUT2D eigenvalue weighted by Gasteiger charge is 2.30. The lowest BCUT2D eigenvalue weighted by atomic mass is 10.1. The molecule has 0 bridgehead atoms. The van der Waals surface area contributed by atoms with Gasteiger partial charge in [-0.25, -0.2) is 26.7 Å². The molecule has 0 fully saturated rings. The fourth-order valence-corrected chi connectivity index (χ4v) is 2.31. The van der Waals surface area contributed by atoms with Crippen molar-refractivity contribution in [1.29, 1.82) is 0 Å². The smallest absolute Gasteiger partial charge is 0.337 e. The van der Waals surface area contributed by atoms with Crippen LogP contribution in [0.2, 0.25) is 10.0 Å². The molecular formula is C14H4Cl2F5NO3. The zero-order valence-corrected chi connectivity index (χ0v) is 13.1. The minimum atomic E-state index is -2.43. The van der Waals surface area contributed by atoms with Crippen LogP contribution in [0.25, 0.3) is 0 Å². The van der Waals surface area contributed by atoms with Gasteiger partial charge in [0, 0.05) is 0 Å². The second kappa shape index (κ2) is 6.85. The summed E-state index contributed by atoms with van der Waals surface area (Å²) in [6.07, 6.45) is 0. The minimum Gasteiger partial charge on any atom is -0.478 e. The molecule has 0 saturated heterocycles. The summed E-state index contributed by atoms with van der Waals surface area (Å²) in [5.41, 5.74) is -2.73. The molecule has 11 heteroatoms. The Bertz CT molecular complexity index is 891. The van der Waals surface area contributed by atoms with Crippen molar-refractivity contribution in [2.24, 2.45) is 0 Å². The first-order valence-electron chi connectivity index (χ1n) is 6.11. The highest BCUT2D eigenvalue weighted by atomic mass is 35.5. The topological polar surface area (TPSA) is 66.4 Å². The Balaban J connectivity index is 2.52. The molecule has 0 aromatic heterocycles. The fraction of sp³-hybridized carbons (Fsp3) is 0. The first kappa shape index (κ1) is 18.9. The number of halogens is 7. The van der Waals surface area contributed by atoms with E-state index in [0.717, 1.165) is 12.1 Å². The highest BCUT2D eigenvalue weighted by molar-refractivity contribution is 6.38. The van der Waals surface area contributed by atoms with Gasteiger partial charge in [-0.05, 0) is 12.1 Å². The number of aromatic carboxylic acids is 1. The molecule has 0 unspecified atom stereocenters. The molecule has 2 aromatic rings. The van der Waals surface area contributed by atoms with E-state index in [4.69, 9.17) is 28.3 Å². The average Bonchev–Trinajstić information content (AvgIpc) is 2.53. The summed E-state index contributed by atoms with van der Waals surface area (Å²) < 4.78 is 66.5. The van der Waals surface area contributed by atoms with Crippen LogP contribution in [0.1, 0.15) is 20.7 Å². The number of amides is 1. The van der Waals surface area contributed by atoms with Gasteiger partial charge in [-0.15, -0.1) is 0 Å². The normalized spacial score (nSPS) is 10.7. The van der Waals surface area contributed by atoms with Gasteiger partial charge in [-0.3, -0.25) is 4.79 Å². The molecule has 2 aromatic carbocycles. The number of hydrogen-bond donors (Lipinski definition) is 2. The van der Waals surface area contributed by atoms with E-state index in [1.165, 1.54) is 0 Å². The van der Waals surface area contributed by atoms with Crippen molar-refractivity contribution < 1.29 is 36.6 Å². The first-order chi connectivity index (χ1) is 11.6. The van der Waals surface area contributed by atoms with Crippen LogP contribution in [-0.2, 0) is 0 Å². The van der Waals surface area contributed by atoms with Crippen LogP contribution < -0.4 is 5.32 Å². The highest BCUT2D eigenvalue weighted by Crippen LogP contribution is 2.31. The van der Waals surface area contributed by atoms with E-state index in [1.54, 1.807) is 5.32 Å². The van der Waals surface area contributed by atoms with Gasteiger partial charge in [0.1, 0.15) is 5.56 Å². The molecule has 4 nitrogen and oxygen atoms in total.